The van der Waals surface area contributed by atoms with Crippen LogP contribution in [0.1, 0.15) is 38.6 Å². The third-order valence-corrected chi connectivity index (χ3v) is 6.85. The van der Waals surface area contributed by atoms with Gasteiger partial charge in [-0.05, 0) is 31.2 Å². The zero-order valence-electron chi connectivity index (χ0n) is 14.0. The molecule has 1 aliphatic rings. The SMILES string of the molecule is C[C@@H]1CCC[NH+]([C@@H](C)c2nc3scc(-c4cccs4)c3c(=O)[nH]2)C1. The van der Waals surface area contributed by atoms with Gasteiger partial charge in [0, 0.05) is 21.7 Å². The quantitative estimate of drug-likeness (QED) is 0.754. The van der Waals surface area contributed by atoms with E-state index >= 15 is 0 Å². The molecule has 0 radical (unpaired) electrons. The topological polar surface area (TPSA) is 50.2 Å². The zero-order chi connectivity index (χ0) is 16.7. The van der Waals surface area contributed by atoms with Crippen molar-refractivity contribution in [2.75, 3.05) is 13.1 Å². The van der Waals surface area contributed by atoms with Gasteiger partial charge in [-0.25, -0.2) is 4.98 Å². The second kappa shape index (κ2) is 6.43. The van der Waals surface area contributed by atoms with E-state index in [1.165, 1.54) is 17.7 Å². The number of thiophene rings is 2. The van der Waals surface area contributed by atoms with E-state index in [1.54, 1.807) is 22.7 Å². The molecule has 4 nitrogen and oxygen atoms in total. The Kier molecular flexibility index (Phi) is 4.28. The molecule has 1 aliphatic heterocycles. The van der Waals surface area contributed by atoms with E-state index in [-0.39, 0.29) is 11.6 Å². The van der Waals surface area contributed by atoms with Gasteiger partial charge in [0.2, 0.25) is 0 Å². The van der Waals surface area contributed by atoms with Crippen molar-refractivity contribution in [1.29, 1.82) is 0 Å². The fourth-order valence-corrected chi connectivity index (χ4v) is 5.47. The highest BCUT2D eigenvalue weighted by Gasteiger charge is 2.28. The lowest BCUT2D eigenvalue weighted by Crippen LogP contribution is -3.13. The highest BCUT2D eigenvalue weighted by Crippen LogP contribution is 2.33. The van der Waals surface area contributed by atoms with Crippen LogP contribution < -0.4 is 10.5 Å². The number of nitrogens with zero attached hydrogens (tertiary/aromatic N) is 1. The number of aromatic nitrogens is 2. The summed E-state index contributed by atoms with van der Waals surface area (Å²) >= 11 is 3.23. The summed E-state index contributed by atoms with van der Waals surface area (Å²) in [5, 5.41) is 4.83. The first-order valence-electron chi connectivity index (χ1n) is 8.53. The van der Waals surface area contributed by atoms with Gasteiger partial charge in [-0.3, -0.25) is 4.79 Å². The van der Waals surface area contributed by atoms with E-state index in [4.69, 9.17) is 4.98 Å². The molecule has 0 bridgehead atoms. The average molecular weight is 361 g/mol. The number of nitrogens with one attached hydrogen (secondary N) is 2. The molecule has 24 heavy (non-hydrogen) atoms. The Bertz CT molecular complexity index is 897. The van der Waals surface area contributed by atoms with Crippen LogP contribution in [-0.2, 0) is 0 Å². The van der Waals surface area contributed by atoms with Gasteiger partial charge >= 0.3 is 0 Å². The molecule has 3 atom stereocenters. The Hall–Kier alpha value is -1.50. The van der Waals surface area contributed by atoms with E-state index in [0.29, 0.717) is 0 Å². The molecule has 2 N–H and O–H groups in total. The molecule has 1 fully saturated rings. The first-order chi connectivity index (χ1) is 11.6. The first kappa shape index (κ1) is 16.0. The minimum Gasteiger partial charge on any atom is -0.326 e. The molecule has 3 aromatic rings. The summed E-state index contributed by atoms with van der Waals surface area (Å²) in [5.74, 6) is 1.58. The van der Waals surface area contributed by atoms with Gasteiger partial charge in [-0.2, -0.15) is 0 Å². The van der Waals surface area contributed by atoms with Crippen LogP contribution in [0.15, 0.2) is 27.7 Å². The van der Waals surface area contributed by atoms with Crippen molar-refractivity contribution in [2.45, 2.75) is 32.7 Å². The molecule has 1 unspecified atom stereocenters. The van der Waals surface area contributed by atoms with Crippen molar-refractivity contribution < 1.29 is 4.90 Å². The minimum absolute atomic E-state index is 0.00374. The second-order valence-corrected chi connectivity index (χ2v) is 8.65. The lowest BCUT2D eigenvalue weighted by atomic mass is 9.99. The maximum absolute atomic E-state index is 12.7. The summed E-state index contributed by atoms with van der Waals surface area (Å²) in [6, 6.07) is 4.31. The second-order valence-electron chi connectivity index (χ2n) is 6.84. The molecule has 126 valence electrons. The molecule has 0 amide bonds. The van der Waals surface area contributed by atoms with Crippen molar-refractivity contribution in [3.8, 4) is 10.4 Å². The van der Waals surface area contributed by atoms with Crippen molar-refractivity contribution in [3.63, 3.8) is 0 Å². The third kappa shape index (κ3) is 2.83. The predicted octanol–water partition coefficient (Wildman–Crippen LogP) is 3.09. The normalized spacial score (nSPS) is 22.8. The Balaban J connectivity index is 1.72. The predicted molar refractivity (Wildman–Crippen MR) is 101 cm³/mol. The van der Waals surface area contributed by atoms with Gasteiger partial charge in [0.25, 0.3) is 5.56 Å². The van der Waals surface area contributed by atoms with Gasteiger partial charge in [0.15, 0.2) is 5.82 Å². The van der Waals surface area contributed by atoms with Crippen LogP contribution in [0.3, 0.4) is 0 Å². The number of hydrogen-bond donors (Lipinski definition) is 2. The van der Waals surface area contributed by atoms with Gasteiger partial charge in [0.1, 0.15) is 10.9 Å². The summed E-state index contributed by atoms with van der Waals surface area (Å²) in [4.78, 5) is 24.1. The molecule has 6 heteroatoms. The van der Waals surface area contributed by atoms with Gasteiger partial charge in [-0.1, -0.05) is 13.0 Å². The van der Waals surface area contributed by atoms with Crippen LogP contribution in [0, 0.1) is 5.92 Å². The van der Waals surface area contributed by atoms with Crippen LogP contribution in [0.5, 0.6) is 0 Å². The van der Waals surface area contributed by atoms with Crippen LogP contribution in [0.2, 0.25) is 0 Å². The fourth-order valence-electron chi connectivity index (χ4n) is 3.70. The molecule has 0 aromatic carbocycles. The summed E-state index contributed by atoms with van der Waals surface area (Å²) in [5.41, 5.74) is 1.01. The molecule has 0 aliphatic carbocycles. The molecule has 4 rings (SSSR count). The molecule has 0 spiro atoms. The number of hydrogen-bond acceptors (Lipinski definition) is 4. The van der Waals surface area contributed by atoms with Crippen molar-refractivity contribution in [1.82, 2.24) is 9.97 Å². The number of quaternary nitrogens is 1. The number of aromatic amines is 1. The number of rotatable bonds is 3. The maximum Gasteiger partial charge on any atom is 0.260 e. The Morgan fingerprint density at radius 3 is 3.04 bits per heavy atom. The van der Waals surface area contributed by atoms with Crippen molar-refractivity contribution in [2.24, 2.45) is 5.92 Å². The van der Waals surface area contributed by atoms with Crippen LogP contribution in [0.4, 0.5) is 0 Å². The molecular weight excluding hydrogens is 338 g/mol. The van der Waals surface area contributed by atoms with E-state index in [0.717, 1.165) is 45.5 Å². The average Bonchev–Trinajstić information content (AvgIpc) is 3.23. The molecule has 4 heterocycles. The van der Waals surface area contributed by atoms with Crippen molar-refractivity contribution >= 4 is 32.9 Å². The van der Waals surface area contributed by atoms with E-state index in [2.05, 4.69) is 30.3 Å². The van der Waals surface area contributed by atoms with Gasteiger partial charge in [0.05, 0.1) is 18.5 Å². The Morgan fingerprint density at radius 2 is 2.29 bits per heavy atom. The number of piperidine rings is 1. The lowest BCUT2D eigenvalue weighted by Gasteiger charge is -2.31. The molecule has 1 saturated heterocycles. The van der Waals surface area contributed by atoms with Gasteiger partial charge < -0.3 is 9.88 Å². The molecule has 0 saturated carbocycles. The van der Waals surface area contributed by atoms with Crippen molar-refractivity contribution in [3.05, 3.63) is 39.1 Å². The molecule has 3 aromatic heterocycles. The highest BCUT2D eigenvalue weighted by atomic mass is 32.1. The standard InChI is InChI=1S/C18H21N3OS2/c1-11-5-3-7-21(9-11)12(2)16-19-17(22)15-13(10-24-18(15)20-16)14-6-4-8-23-14/h4,6,8,10-12H,3,5,7,9H2,1-2H3,(H,19,20,22)/p+1/t11-,12+/m1/s1. The van der Waals surface area contributed by atoms with Crippen LogP contribution in [0.25, 0.3) is 20.7 Å². The number of likely N-dealkylation sites (tertiary alicyclic amines) is 1. The van der Waals surface area contributed by atoms with E-state index in [1.807, 2.05) is 11.4 Å². The fraction of sp³-hybridized carbons (Fsp3) is 0.444. The van der Waals surface area contributed by atoms with E-state index < -0.39 is 0 Å². The summed E-state index contributed by atoms with van der Waals surface area (Å²) in [6.07, 6.45) is 2.57. The summed E-state index contributed by atoms with van der Waals surface area (Å²) in [7, 11) is 0. The number of H-pyrrole nitrogens is 1. The Morgan fingerprint density at radius 1 is 1.42 bits per heavy atom. The third-order valence-electron chi connectivity index (χ3n) is 5.08. The first-order valence-corrected chi connectivity index (χ1v) is 10.3. The maximum atomic E-state index is 12.7. The Labute approximate surface area is 149 Å². The summed E-state index contributed by atoms with van der Waals surface area (Å²) in [6.45, 7) is 6.83. The molecular formula is C18H22N3OS2+. The van der Waals surface area contributed by atoms with Crippen LogP contribution >= 0.6 is 22.7 Å². The van der Waals surface area contributed by atoms with Gasteiger partial charge in [-0.15, -0.1) is 22.7 Å². The smallest absolute Gasteiger partial charge is 0.260 e. The number of fused-ring (bicyclic) bond motifs is 1. The van der Waals surface area contributed by atoms with Crippen LogP contribution in [-0.4, -0.2) is 23.1 Å². The largest absolute Gasteiger partial charge is 0.326 e. The highest BCUT2D eigenvalue weighted by molar-refractivity contribution is 7.18. The minimum atomic E-state index is -0.00374. The monoisotopic (exact) mass is 360 g/mol. The van der Waals surface area contributed by atoms with E-state index in [9.17, 15) is 4.79 Å². The summed E-state index contributed by atoms with van der Waals surface area (Å²) < 4.78 is 0. The zero-order valence-corrected chi connectivity index (χ0v) is 15.6. The lowest BCUT2D eigenvalue weighted by molar-refractivity contribution is -0.938.